The third-order valence-corrected chi connectivity index (χ3v) is 4.95. The van der Waals surface area contributed by atoms with Gasteiger partial charge in [-0.05, 0) is 73.2 Å². The first-order chi connectivity index (χ1) is 14.8. The van der Waals surface area contributed by atoms with Crippen molar-refractivity contribution >= 4 is 57.9 Å². The van der Waals surface area contributed by atoms with Crippen LogP contribution < -0.4 is 20.2 Å². The number of para-hydroxylation sites is 1. The van der Waals surface area contributed by atoms with Gasteiger partial charge in [0.25, 0.3) is 0 Å². The summed E-state index contributed by atoms with van der Waals surface area (Å²) in [6.45, 7) is 6.30. The van der Waals surface area contributed by atoms with Gasteiger partial charge in [0.1, 0.15) is 0 Å². The SMILES string of the molecule is CCOc1cc(C=NNC(=O)CCC(=O)Nc2ccccc2Cl)cc(I)c1OC(C)C. The number of nitrogens with one attached hydrogen (secondary N) is 2. The minimum Gasteiger partial charge on any atom is -0.490 e. The zero-order chi connectivity index (χ0) is 22.8. The highest BCUT2D eigenvalue weighted by Gasteiger charge is 2.13. The van der Waals surface area contributed by atoms with E-state index in [-0.39, 0.29) is 30.8 Å². The summed E-state index contributed by atoms with van der Waals surface area (Å²) in [5.41, 5.74) is 3.69. The van der Waals surface area contributed by atoms with Gasteiger partial charge < -0.3 is 14.8 Å². The van der Waals surface area contributed by atoms with E-state index in [1.54, 1.807) is 30.3 Å². The van der Waals surface area contributed by atoms with Crippen molar-refractivity contribution in [3.8, 4) is 11.5 Å². The number of halogens is 2. The Kier molecular flexibility index (Phi) is 10.1. The molecule has 0 atom stereocenters. The number of anilines is 1. The van der Waals surface area contributed by atoms with Crippen molar-refractivity contribution in [1.29, 1.82) is 0 Å². The Morgan fingerprint density at radius 3 is 2.58 bits per heavy atom. The fourth-order valence-corrected chi connectivity index (χ4v) is 3.45. The van der Waals surface area contributed by atoms with Crippen molar-refractivity contribution in [3.63, 3.8) is 0 Å². The lowest BCUT2D eigenvalue weighted by molar-refractivity contribution is -0.124. The van der Waals surface area contributed by atoms with Crippen LogP contribution in [0.2, 0.25) is 5.02 Å². The Balaban J connectivity index is 1.90. The number of benzene rings is 2. The highest BCUT2D eigenvalue weighted by molar-refractivity contribution is 14.1. The molecule has 2 aromatic rings. The maximum absolute atomic E-state index is 12.0. The van der Waals surface area contributed by atoms with E-state index in [0.717, 1.165) is 9.13 Å². The fourth-order valence-electron chi connectivity index (χ4n) is 2.51. The first-order valence-corrected chi connectivity index (χ1v) is 11.2. The van der Waals surface area contributed by atoms with E-state index in [0.29, 0.717) is 28.8 Å². The molecule has 31 heavy (non-hydrogen) atoms. The Labute approximate surface area is 200 Å². The summed E-state index contributed by atoms with van der Waals surface area (Å²) in [6, 6.07) is 10.6. The first kappa shape index (κ1) is 24.9. The average Bonchev–Trinajstić information content (AvgIpc) is 2.71. The summed E-state index contributed by atoms with van der Waals surface area (Å²) >= 11 is 8.18. The Hall–Kier alpha value is -2.33. The van der Waals surface area contributed by atoms with Crippen LogP contribution in [-0.2, 0) is 9.59 Å². The third kappa shape index (κ3) is 8.37. The average molecular weight is 558 g/mol. The molecule has 0 aromatic heterocycles. The normalized spacial score (nSPS) is 10.9. The van der Waals surface area contributed by atoms with Crippen LogP contribution in [0.25, 0.3) is 0 Å². The van der Waals surface area contributed by atoms with Crippen LogP contribution >= 0.6 is 34.2 Å². The highest BCUT2D eigenvalue weighted by atomic mass is 127. The molecule has 0 aliphatic rings. The molecule has 166 valence electrons. The lowest BCUT2D eigenvalue weighted by Crippen LogP contribution is -2.20. The Morgan fingerprint density at radius 1 is 1.19 bits per heavy atom. The number of carbonyl (C=O) groups excluding carboxylic acids is 2. The lowest BCUT2D eigenvalue weighted by Gasteiger charge is -2.16. The van der Waals surface area contributed by atoms with Crippen LogP contribution in [0.3, 0.4) is 0 Å². The minimum atomic E-state index is -0.370. The number of amides is 2. The van der Waals surface area contributed by atoms with Crippen LogP contribution in [0.1, 0.15) is 39.2 Å². The second-order valence-corrected chi connectivity index (χ2v) is 8.32. The van der Waals surface area contributed by atoms with Gasteiger partial charge in [-0.3, -0.25) is 9.59 Å². The molecule has 0 radical (unpaired) electrons. The molecular formula is C22H25ClIN3O4. The number of ether oxygens (including phenoxy) is 2. The molecule has 0 unspecified atom stereocenters. The molecule has 2 N–H and O–H groups in total. The van der Waals surface area contributed by atoms with Crippen LogP contribution in [0.4, 0.5) is 5.69 Å². The van der Waals surface area contributed by atoms with E-state index >= 15 is 0 Å². The van der Waals surface area contributed by atoms with Crippen molar-refractivity contribution < 1.29 is 19.1 Å². The van der Waals surface area contributed by atoms with E-state index < -0.39 is 0 Å². The smallest absolute Gasteiger partial charge is 0.240 e. The Bertz CT molecular complexity index is 950. The van der Waals surface area contributed by atoms with E-state index in [1.807, 2.05) is 26.8 Å². The van der Waals surface area contributed by atoms with Gasteiger partial charge in [0.15, 0.2) is 11.5 Å². The second kappa shape index (κ2) is 12.5. The van der Waals surface area contributed by atoms with Crippen molar-refractivity contribution in [3.05, 3.63) is 50.6 Å². The topological polar surface area (TPSA) is 89.0 Å². The maximum Gasteiger partial charge on any atom is 0.240 e. The van der Waals surface area contributed by atoms with E-state index in [2.05, 4.69) is 38.4 Å². The molecule has 9 heteroatoms. The minimum absolute atomic E-state index is 0.00345. The van der Waals surface area contributed by atoms with Gasteiger partial charge in [0, 0.05) is 12.8 Å². The van der Waals surface area contributed by atoms with E-state index in [9.17, 15) is 9.59 Å². The highest BCUT2D eigenvalue weighted by Crippen LogP contribution is 2.34. The summed E-state index contributed by atoms with van der Waals surface area (Å²) in [5, 5.41) is 7.09. The van der Waals surface area contributed by atoms with Crippen molar-refractivity contribution in [2.45, 2.75) is 39.7 Å². The zero-order valence-electron chi connectivity index (χ0n) is 17.6. The predicted octanol–water partition coefficient (Wildman–Crippen LogP) is 5.00. The largest absolute Gasteiger partial charge is 0.490 e. The fraction of sp³-hybridized carbons (Fsp3) is 0.318. The summed E-state index contributed by atoms with van der Waals surface area (Å²) in [5.74, 6) is 0.629. The molecule has 0 fully saturated rings. The van der Waals surface area contributed by atoms with E-state index in [1.165, 1.54) is 6.21 Å². The molecule has 0 bridgehead atoms. The quantitative estimate of drug-likeness (QED) is 0.244. The van der Waals surface area contributed by atoms with Crippen molar-refractivity contribution in [1.82, 2.24) is 5.43 Å². The molecule has 2 amide bonds. The molecular weight excluding hydrogens is 533 g/mol. The summed E-state index contributed by atoms with van der Waals surface area (Å²) in [4.78, 5) is 24.0. The predicted molar refractivity (Wildman–Crippen MR) is 131 cm³/mol. The number of rotatable bonds is 10. The number of nitrogens with zero attached hydrogens (tertiary/aromatic N) is 1. The van der Waals surface area contributed by atoms with Gasteiger partial charge in [-0.15, -0.1) is 0 Å². The van der Waals surface area contributed by atoms with Gasteiger partial charge in [0.05, 0.1) is 33.2 Å². The number of hydrogen-bond acceptors (Lipinski definition) is 5. The Morgan fingerprint density at radius 2 is 1.90 bits per heavy atom. The first-order valence-electron chi connectivity index (χ1n) is 9.79. The van der Waals surface area contributed by atoms with Gasteiger partial charge >= 0.3 is 0 Å². The lowest BCUT2D eigenvalue weighted by atomic mass is 10.2. The van der Waals surface area contributed by atoms with Crippen LogP contribution in [-0.4, -0.2) is 30.7 Å². The number of carbonyl (C=O) groups is 2. The monoisotopic (exact) mass is 557 g/mol. The number of hydrogen-bond donors (Lipinski definition) is 2. The van der Waals surface area contributed by atoms with E-state index in [4.69, 9.17) is 21.1 Å². The van der Waals surface area contributed by atoms with Crippen LogP contribution in [0, 0.1) is 3.57 Å². The third-order valence-electron chi connectivity index (χ3n) is 3.82. The van der Waals surface area contributed by atoms with Gasteiger partial charge in [-0.2, -0.15) is 5.10 Å². The molecule has 0 saturated carbocycles. The standard InChI is InChI=1S/C22H25ClIN3O4/c1-4-30-19-12-15(11-17(24)22(19)31-14(2)3)13-25-27-21(29)10-9-20(28)26-18-8-6-5-7-16(18)23/h5-8,11-14H,4,9-10H2,1-3H3,(H,26,28)(H,27,29). The molecule has 0 aliphatic carbocycles. The summed E-state index contributed by atoms with van der Waals surface area (Å²) in [7, 11) is 0. The van der Waals surface area contributed by atoms with Crippen molar-refractivity contribution in [2.24, 2.45) is 5.10 Å². The second-order valence-electron chi connectivity index (χ2n) is 6.75. The maximum atomic E-state index is 12.0. The molecule has 2 rings (SSSR count). The molecule has 0 spiro atoms. The van der Waals surface area contributed by atoms with Crippen LogP contribution in [0.15, 0.2) is 41.5 Å². The van der Waals surface area contributed by atoms with Crippen molar-refractivity contribution in [2.75, 3.05) is 11.9 Å². The number of hydrazone groups is 1. The van der Waals surface area contributed by atoms with Crippen LogP contribution in [0.5, 0.6) is 11.5 Å². The van der Waals surface area contributed by atoms with Gasteiger partial charge in [0.2, 0.25) is 11.8 Å². The molecule has 7 nitrogen and oxygen atoms in total. The summed E-state index contributed by atoms with van der Waals surface area (Å²) < 4.78 is 12.4. The molecule has 0 aliphatic heterocycles. The molecule has 2 aromatic carbocycles. The molecule has 0 saturated heterocycles. The zero-order valence-corrected chi connectivity index (χ0v) is 20.5. The molecule has 0 heterocycles. The van der Waals surface area contributed by atoms with Gasteiger partial charge in [-0.1, -0.05) is 23.7 Å². The summed E-state index contributed by atoms with van der Waals surface area (Å²) in [6.07, 6.45) is 1.55. The van der Waals surface area contributed by atoms with Gasteiger partial charge in [-0.25, -0.2) is 5.43 Å².